The van der Waals surface area contributed by atoms with E-state index in [1.807, 2.05) is 97.4 Å². The molecule has 0 bridgehead atoms. The van der Waals surface area contributed by atoms with Crippen molar-refractivity contribution in [3.63, 3.8) is 0 Å². The first-order valence-electron chi connectivity index (χ1n) is 13.4. The second-order valence-corrected chi connectivity index (χ2v) is 13.3. The summed E-state index contributed by atoms with van der Waals surface area (Å²) in [6, 6.07) is 15.5. The van der Waals surface area contributed by atoms with Gasteiger partial charge in [-0.3, -0.25) is 19.1 Å². The van der Waals surface area contributed by atoms with Gasteiger partial charge in [-0.25, -0.2) is 4.57 Å². The summed E-state index contributed by atoms with van der Waals surface area (Å²) < 4.78 is 11.5. The molecular weight excluding hydrogens is 624 g/mol. The van der Waals surface area contributed by atoms with Crippen LogP contribution < -0.4 is 25.1 Å². The number of hydrogen-bond donors (Lipinski definition) is 0. The molecule has 0 N–H and O–H groups in total. The van der Waals surface area contributed by atoms with Crippen LogP contribution in [0.1, 0.15) is 12.5 Å². The number of fused-ring (bicyclic) bond motifs is 2. The Hall–Kier alpha value is -3.97. The van der Waals surface area contributed by atoms with Crippen molar-refractivity contribution in [2.24, 2.45) is 12.0 Å². The van der Waals surface area contributed by atoms with Crippen LogP contribution in [-0.2, 0) is 24.9 Å². The minimum atomic E-state index is -0.245. The molecule has 2 aromatic carbocycles. The molecule has 3 aromatic heterocycles. The van der Waals surface area contributed by atoms with Gasteiger partial charge in [-0.15, -0.1) is 11.3 Å². The van der Waals surface area contributed by atoms with Crippen molar-refractivity contribution in [2.75, 3.05) is 11.9 Å². The third-order valence-corrected chi connectivity index (χ3v) is 10.8. The number of thiazole rings is 2. The maximum atomic E-state index is 14.1. The summed E-state index contributed by atoms with van der Waals surface area (Å²) >= 11 is 10.2. The van der Waals surface area contributed by atoms with Gasteiger partial charge in [0, 0.05) is 24.8 Å². The van der Waals surface area contributed by atoms with Crippen LogP contribution in [0.4, 0.5) is 10.9 Å². The molecule has 1 saturated heterocycles. The zero-order valence-corrected chi connectivity index (χ0v) is 26.5. The lowest BCUT2D eigenvalue weighted by Crippen LogP contribution is -2.32. The molecule has 1 fully saturated rings. The molecule has 0 spiro atoms. The number of amides is 1. The Morgan fingerprint density at radius 3 is 2.70 bits per heavy atom. The molecular formula is C30H24ClN6O3S3+. The topological polar surface area (TPSA) is 87.8 Å². The SMILES string of the molecule is CCn1c(=O)/c(=c2\nc3c(o2)=CC=CN3C)s/c1=C1\S/C(=N\c2sc3cc(Cl)ccc3[n+]2C)N(Cc2ccccc2)C1=O. The van der Waals surface area contributed by atoms with Gasteiger partial charge >= 0.3 is 5.13 Å². The predicted molar refractivity (Wildman–Crippen MR) is 173 cm³/mol. The summed E-state index contributed by atoms with van der Waals surface area (Å²) in [5, 5.41) is 1.92. The standard InChI is InChI=1S/C30H24ClN6O3S3/c1-4-36-26(38)22(25-32-24-20(40-25)11-8-14-34(24)2)42-28(36)23-27(39)37(16-17-9-6-5-7-10-17)30(43-23)33-29-35(3)19-13-12-18(31)15-21(19)41-29/h5-15H,4,16H2,1-3H3/q+1/b25-22-,28-23-. The molecule has 5 aromatic rings. The van der Waals surface area contributed by atoms with Crippen LogP contribution in [0.25, 0.3) is 21.2 Å². The van der Waals surface area contributed by atoms with Crippen molar-refractivity contribution in [1.82, 2.24) is 14.5 Å². The number of anilines is 1. The lowest BCUT2D eigenvalue weighted by Gasteiger charge is -2.12. The second kappa shape index (κ2) is 10.9. The number of thioether (sulfide) groups is 1. The van der Waals surface area contributed by atoms with Crippen molar-refractivity contribution in [2.45, 2.75) is 20.0 Å². The molecule has 0 unspecified atom stereocenters. The van der Waals surface area contributed by atoms with E-state index >= 15 is 0 Å². The first-order chi connectivity index (χ1) is 20.8. The fraction of sp³-hybridized carbons (Fsp3) is 0.167. The molecule has 2 aliphatic heterocycles. The lowest BCUT2D eigenvalue weighted by molar-refractivity contribution is -0.627. The van der Waals surface area contributed by atoms with Crippen LogP contribution in [0.3, 0.4) is 0 Å². The number of oxazole rings is 1. The number of aromatic nitrogens is 3. The van der Waals surface area contributed by atoms with Crippen molar-refractivity contribution < 1.29 is 13.8 Å². The highest BCUT2D eigenvalue weighted by molar-refractivity contribution is 8.23. The Morgan fingerprint density at radius 2 is 1.93 bits per heavy atom. The fourth-order valence-electron chi connectivity index (χ4n) is 4.93. The maximum absolute atomic E-state index is 14.1. The van der Waals surface area contributed by atoms with Gasteiger partial charge in [0.05, 0.1) is 18.3 Å². The molecule has 43 heavy (non-hydrogen) atoms. The number of carbonyl (C=O) groups is 1. The number of amidine groups is 1. The molecule has 1 amide bonds. The predicted octanol–water partition coefficient (Wildman–Crippen LogP) is 4.21. The van der Waals surface area contributed by atoms with Crippen LogP contribution in [0.2, 0.25) is 5.02 Å². The first-order valence-corrected chi connectivity index (χ1v) is 16.2. The Bertz CT molecular complexity index is 2280. The van der Waals surface area contributed by atoms with E-state index in [0.717, 1.165) is 20.9 Å². The minimum Gasteiger partial charge on any atom is -0.433 e. The molecule has 13 heteroatoms. The fourth-order valence-corrected chi connectivity index (χ4v) is 8.57. The Labute approximate surface area is 262 Å². The van der Waals surface area contributed by atoms with Gasteiger partial charge in [0.1, 0.15) is 15.1 Å². The number of rotatable bonds is 4. The molecule has 7 rings (SSSR count). The van der Waals surface area contributed by atoms with Gasteiger partial charge in [-0.1, -0.05) is 41.9 Å². The van der Waals surface area contributed by atoms with Gasteiger partial charge in [-0.05, 0) is 70.9 Å². The number of hydrogen-bond acceptors (Lipinski definition) is 9. The molecule has 0 saturated carbocycles. The number of carbonyl (C=O) groups excluding carboxylic acids is 1. The highest BCUT2D eigenvalue weighted by Crippen LogP contribution is 2.36. The van der Waals surface area contributed by atoms with E-state index in [0.29, 0.717) is 48.6 Å². The quantitative estimate of drug-likeness (QED) is 0.272. The molecule has 5 heterocycles. The largest absolute Gasteiger partial charge is 0.433 e. The van der Waals surface area contributed by atoms with Gasteiger partial charge in [-0.2, -0.15) is 4.98 Å². The number of benzene rings is 2. The zero-order chi connectivity index (χ0) is 29.8. The van der Waals surface area contributed by atoms with E-state index in [1.165, 1.54) is 34.4 Å². The number of nitrogens with zero attached hydrogens (tertiary/aromatic N) is 6. The van der Waals surface area contributed by atoms with Gasteiger partial charge in [0.25, 0.3) is 16.6 Å². The summed E-state index contributed by atoms with van der Waals surface area (Å²) in [5.74, 6) is 0.424. The summed E-state index contributed by atoms with van der Waals surface area (Å²) in [7, 11) is 3.82. The monoisotopic (exact) mass is 647 g/mol. The van der Waals surface area contributed by atoms with Crippen molar-refractivity contribution in [3.05, 3.63) is 102 Å². The number of aliphatic imine (C=N–C) groups is 1. The zero-order valence-electron chi connectivity index (χ0n) is 23.3. The summed E-state index contributed by atoms with van der Waals surface area (Å²) in [4.78, 5) is 41.3. The van der Waals surface area contributed by atoms with Gasteiger partial charge in [0.2, 0.25) is 5.55 Å². The van der Waals surface area contributed by atoms with Gasteiger partial charge < -0.3 is 9.32 Å². The highest BCUT2D eigenvalue weighted by atomic mass is 35.5. The summed E-state index contributed by atoms with van der Waals surface area (Å²) in [6.07, 6.45) is 5.55. The third-order valence-electron chi connectivity index (χ3n) is 7.12. The summed E-state index contributed by atoms with van der Waals surface area (Å²) in [5.41, 5.74) is 2.54. The van der Waals surface area contributed by atoms with Crippen LogP contribution in [0.5, 0.6) is 0 Å². The van der Waals surface area contributed by atoms with Crippen molar-refractivity contribution >= 4 is 89.3 Å². The Kier molecular flexibility index (Phi) is 7.08. The maximum Gasteiger partial charge on any atom is 0.385 e. The van der Waals surface area contributed by atoms with Crippen molar-refractivity contribution in [1.29, 1.82) is 0 Å². The Balaban J connectivity index is 1.43. The normalized spacial score (nSPS) is 17.8. The van der Waals surface area contributed by atoms with Crippen LogP contribution in [0.15, 0.2) is 75.0 Å². The summed E-state index contributed by atoms with van der Waals surface area (Å²) in [6.45, 7) is 2.61. The van der Waals surface area contributed by atoms with Crippen LogP contribution in [-0.4, -0.2) is 32.6 Å². The number of halogens is 1. The molecule has 2 aliphatic rings. The average Bonchev–Trinajstić information content (AvgIpc) is 3.73. The van der Waals surface area contributed by atoms with Crippen molar-refractivity contribution in [3.8, 4) is 0 Å². The third kappa shape index (κ3) is 4.84. The van der Waals surface area contributed by atoms with E-state index in [2.05, 4.69) is 4.98 Å². The van der Waals surface area contributed by atoms with Crippen LogP contribution in [0, 0.1) is 10.1 Å². The smallest absolute Gasteiger partial charge is 0.385 e. The van der Waals surface area contributed by atoms with E-state index in [-0.39, 0.29) is 17.0 Å². The van der Waals surface area contributed by atoms with Gasteiger partial charge in [0.15, 0.2) is 15.8 Å². The number of allylic oxidation sites excluding steroid dienone is 1. The molecule has 0 atom stereocenters. The molecule has 216 valence electrons. The minimum absolute atomic E-state index is 0.210. The average molecular weight is 648 g/mol. The highest BCUT2D eigenvalue weighted by Gasteiger charge is 2.39. The van der Waals surface area contributed by atoms with E-state index in [1.54, 1.807) is 9.47 Å². The molecule has 0 radical (unpaired) electrons. The van der Waals surface area contributed by atoms with Crippen LogP contribution >= 0.6 is 46.0 Å². The molecule has 9 nitrogen and oxygen atoms in total. The Morgan fingerprint density at radius 1 is 1.12 bits per heavy atom. The first kappa shape index (κ1) is 27.8. The number of aryl methyl sites for hydroxylation is 1. The van der Waals surface area contributed by atoms with E-state index in [4.69, 9.17) is 21.0 Å². The van der Waals surface area contributed by atoms with E-state index in [9.17, 15) is 9.59 Å². The lowest BCUT2D eigenvalue weighted by atomic mass is 10.2. The molecule has 0 aliphatic carbocycles. The van der Waals surface area contributed by atoms with E-state index < -0.39 is 0 Å². The second-order valence-electron chi connectivity index (χ2n) is 9.87.